The Labute approximate surface area is 121 Å². The molecule has 10 heteroatoms. The van der Waals surface area contributed by atoms with Crippen LogP contribution in [-0.4, -0.2) is 32.6 Å². The number of amides is 1. The minimum absolute atomic E-state index is 0.119. The highest BCUT2D eigenvalue weighted by Gasteiger charge is 2.23. The van der Waals surface area contributed by atoms with Crippen LogP contribution in [0.2, 0.25) is 0 Å². The molecule has 0 aliphatic heterocycles. The number of nitrogens with one attached hydrogen (secondary N) is 2. The summed E-state index contributed by atoms with van der Waals surface area (Å²) in [6, 6.07) is 1.23. The summed E-state index contributed by atoms with van der Waals surface area (Å²) >= 11 is 0. The second-order valence-corrected chi connectivity index (χ2v) is 4.23. The van der Waals surface area contributed by atoms with Crippen molar-refractivity contribution in [2.24, 2.45) is 0 Å². The first kappa shape index (κ1) is 15.2. The van der Waals surface area contributed by atoms with Crippen molar-refractivity contribution in [1.29, 1.82) is 0 Å². The number of hydrogen-bond donors (Lipinski definition) is 3. The Balaban J connectivity index is 2.21. The number of carboxylic acids is 1. The predicted octanol–water partition coefficient (Wildman–Crippen LogP) is -0.848. The zero-order valence-electron chi connectivity index (χ0n) is 10.9. The van der Waals surface area contributed by atoms with Crippen molar-refractivity contribution in [3.63, 3.8) is 0 Å². The van der Waals surface area contributed by atoms with E-state index in [1.165, 1.54) is 18.4 Å². The summed E-state index contributed by atoms with van der Waals surface area (Å²) < 4.78 is 18.6. The molecule has 0 aromatic carbocycles. The summed E-state index contributed by atoms with van der Waals surface area (Å²) in [6.07, 6.45) is 1.79. The Hall–Kier alpha value is -3.17. The molecule has 2 rings (SSSR count). The molecule has 0 aliphatic rings. The van der Waals surface area contributed by atoms with E-state index in [0.717, 1.165) is 0 Å². The van der Waals surface area contributed by atoms with E-state index in [2.05, 4.69) is 5.32 Å². The molecule has 0 saturated carbocycles. The van der Waals surface area contributed by atoms with Gasteiger partial charge in [0.25, 0.3) is 11.5 Å². The number of hydrogen-bond acceptors (Lipinski definition) is 5. The van der Waals surface area contributed by atoms with Crippen molar-refractivity contribution in [3.05, 3.63) is 57.0 Å². The van der Waals surface area contributed by atoms with Crippen molar-refractivity contribution in [1.82, 2.24) is 14.9 Å². The number of rotatable bonds is 5. The van der Waals surface area contributed by atoms with Crippen molar-refractivity contribution in [2.75, 3.05) is 0 Å². The lowest BCUT2D eigenvalue weighted by atomic mass is 10.2. The largest absolute Gasteiger partial charge is 0.480 e. The monoisotopic (exact) mass is 311 g/mol. The van der Waals surface area contributed by atoms with Gasteiger partial charge in [-0.1, -0.05) is 0 Å². The van der Waals surface area contributed by atoms with E-state index in [1.807, 2.05) is 0 Å². The van der Waals surface area contributed by atoms with Crippen LogP contribution in [0.4, 0.5) is 4.39 Å². The van der Waals surface area contributed by atoms with Crippen LogP contribution in [0.1, 0.15) is 10.6 Å². The van der Waals surface area contributed by atoms with Crippen LogP contribution in [0.25, 0.3) is 0 Å². The van der Waals surface area contributed by atoms with Gasteiger partial charge in [-0.25, -0.2) is 9.59 Å². The van der Waals surface area contributed by atoms with Crippen LogP contribution >= 0.6 is 0 Å². The maximum atomic E-state index is 13.1. The Kier molecular flexibility index (Phi) is 4.20. The standard InChI is InChI=1S/C12H10FN3O6/c13-6-4-16(12(21)15-9(6)17)5-7(11(19)20)14-10(18)8-2-1-3-22-8/h1-4,7H,5H2,(H,14,18)(H,19,20)(H,15,17,21). The summed E-state index contributed by atoms with van der Waals surface area (Å²) in [4.78, 5) is 46.9. The third kappa shape index (κ3) is 3.29. The summed E-state index contributed by atoms with van der Waals surface area (Å²) in [6.45, 7) is -0.575. The summed E-state index contributed by atoms with van der Waals surface area (Å²) in [5.41, 5.74) is -2.21. The molecule has 2 heterocycles. The number of carboxylic acid groups (broad SMARTS) is 1. The Bertz CT molecular complexity index is 807. The minimum atomic E-state index is -1.53. The van der Waals surface area contributed by atoms with Gasteiger partial charge < -0.3 is 14.8 Å². The highest BCUT2D eigenvalue weighted by molar-refractivity contribution is 5.94. The number of nitrogens with zero attached hydrogens (tertiary/aromatic N) is 1. The fraction of sp³-hybridized carbons (Fsp3) is 0.167. The summed E-state index contributed by atoms with van der Waals surface area (Å²) in [7, 11) is 0. The molecular weight excluding hydrogens is 301 g/mol. The van der Waals surface area contributed by atoms with Crippen LogP contribution in [0.3, 0.4) is 0 Å². The molecule has 116 valence electrons. The van der Waals surface area contributed by atoms with Crippen LogP contribution in [0.15, 0.2) is 38.6 Å². The van der Waals surface area contributed by atoms with Crippen molar-refractivity contribution in [3.8, 4) is 0 Å². The van der Waals surface area contributed by atoms with Gasteiger partial charge >= 0.3 is 11.7 Å². The van der Waals surface area contributed by atoms with Crippen LogP contribution < -0.4 is 16.6 Å². The molecule has 9 nitrogen and oxygen atoms in total. The van der Waals surface area contributed by atoms with Crippen LogP contribution in [0, 0.1) is 5.82 Å². The third-order valence-electron chi connectivity index (χ3n) is 2.70. The molecular formula is C12H10FN3O6. The van der Waals surface area contributed by atoms with Gasteiger partial charge in [-0.2, -0.15) is 4.39 Å². The molecule has 3 N–H and O–H groups in total. The van der Waals surface area contributed by atoms with Gasteiger partial charge in [0.05, 0.1) is 19.0 Å². The number of halogens is 1. The second kappa shape index (κ2) is 6.08. The minimum Gasteiger partial charge on any atom is -0.480 e. The average molecular weight is 311 g/mol. The lowest BCUT2D eigenvalue weighted by molar-refractivity contribution is -0.139. The average Bonchev–Trinajstić information content (AvgIpc) is 2.97. The number of H-pyrrole nitrogens is 1. The van der Waals surface area contributed by atoms with Crippen LogP contribution in [-0.2, 0) is 11.3 Å². The van der Waals surface area contributed by atoms with Crippen molar-refractivity contribution < 1.29 is 23.5 Å². The molecule has 1 unspecified atom stereocenters. The van der Waals surface area contributed by atoms with Gasteiger partial charge in [-0.3, -0.25) is 19.1 Å². The number of carbonyl (C=O) groups excluding carboxylic acids is 1. The Morgan fingerprint density at radius 3 is 2.77 bits per heavy atom. The Morgan fingerprint density at radius 1 is 1.45 bits per heavy atom. The first-order valence-corrected chi connectivity index (χ1v) is 5.95. The van der Waals surface area contributed by atoms with E-state index in [-0.39, 0.29) is 5.76 Å². The van der Waals surface area contributed by atoms with Gasteiger partial charge in [0, 0.05) is 0 Å². The summed E-state index contributed by atoms with van der Waals surface area (Å²) in [5, 5.41) is 11.2. The van der Waals surface area contributed by atoms with Gasteiger partial charge in [-0.15, -0.1) is 0 Å². The molecule has 1 amide bonds. The van der Waals surface area contributed by atoms with E-state index in [4.69, 9.17) is 9.52 Å². The maximum Gasteiger partial charge on any atom is 0.328 e. The van der Waals surface area contributed by atoms with E-state index in [9.17, 15) is 23.6 Å². The van der Waals surface area contributed by atoms with Crippen LogP contribution in [0.5, 0.6) is 0 Å². The molecule has 0 spiro atoms. The van der Waals surface area contributed by atoms with E-state index >= 15 is 0 Å². The number of aromatic amines is 1. The highest BCUT2D eigenvalue weighted by Crippen LogP contribution is 2.01. The molecule has 0 fully saturated rings. The SMILES string of the molecule is O=C(NC(Cn1cc(F)c(=O)[nH]c1=O)C(=O)O)c1ccco1. The van der Waals surface area contributed by atoms with E-state index in [0.29, 0.717) is 10.8 Å². The molecule has 2 aromatic rings. The lowest BCUT2D eigenvalue weighted by Gasteiger charge is -2.14. The van der Waals surface area contributed by atoms with Gasteiger partial charge in [0.1, 0.15) is 6.04 Å². The third-order valence-corrected chi connectivity index (χ3v) is 2.70. The van der Waals surface area contributed by atoms with Crippen molar-refractivity contribution >= 4 is 11.9 Å². The fourth-order valence-electron chi connectivity index (χ4n) is 1.64. The Morgan fingerprint density at radius 2 is 2.18 bits per heavy atom. The van der Waals surface area contributed by atoms with Gasteiger partial charge in [-0.05, 0) is 12.1 Å². The number of furan rings is 1. The number of aliphatic carboxylic acids is 1. The van der Waals surface area contributed by atoms with Gasteiger partial charge in [0.15, 0.2) is 5.76 Å². The first-order valence-electron chi connectivity index (χ1n) is 5.95. The van der Waals surface area contributed by atoms with Gasteiger partial charge in [0.2, 0.25) is 5.82 Å². The molecule has 2 aromatic heterocycles. The smallest absolute Gasteiger partial charge is 0.328 e. The zero-order chi connectivity index (χ0) is 16.3. The molecule has 0 radical (unpaired) electrons. The molecule has 0 saturated heterocycles. The molecule has 0 bridgehead atoms. The highest BCUT2D eigenvalue weighted by atomic mass is 19.1. The quantitative estimate of drug-likeness (QED) is 0.658. The maximum absolute atomic E-state index is 13.1. The molecule has 22 heavy (non-hydrogen) atoms. The second-order valence-electron chi connectivity index (χ2n) is 4.23. The first-order chi connectivity index (χ1) is 10.4. The summed E-state index contributed by atoms with van der Waals surface area (Å²) in [5.74, 6) is -3.62. The van der Waals surface area contributed by atoms with E-state index < -0.39 is 41.5 Å². The zero-order valence-corrected chi connectivity index (χ0v) is 10.9. The topological polar surface area (TPSA) is 134 Å². The number of aromatic nitrogens is 2. The number of carbonyl (C=O) groups is 2. The predicted molar refractivity (Wildman–Crippen MR) is 68.9 cm³/mol. The normalized spacial score (nSPS) is 11.9. The van der Waals surface area contributed by atoms with E-state index in [1.54, 1.807) is 4.98 Å². The fourth-order valence-corrected chi connectivity index (χ4v) is 1.64. The molecule has 1 atom stereocenters. The molecule has 0 aliphatic carbocycles. The van der Waals surface area contributed by atoms with Crippen molar-refractivity contribution in [2.45, 2.75) is 12.6 Å². The lowest BCUT2D eigenvalue weighted by Crippen LogP contribution is -2.46.